The van der Waals surface area contributed by atoms with Crippen molar-refractivity contribution in [2.45, 2.75) is 76.0 Å². The average Bonchev–Trinajstić information content (AvgIpc) is 2.39. The van der Waals surface area contributed by atoms with Crippen molar-refractivity contribution in [3.05, 3.63) is 0 Å². The minimum Gasteiger partial charge on any atom is -0.355 e. The number of nitrogens with one attached hydrogen (secondary N) is 2. The zero-order chi connectivity index (χ0) is 13.2. The summed E-state index contributed by atoms with van der Waals surface area (Å²) in [4.78, 5) is 14.8. The van der Waals surface area contributed by atoms with Crippen molar-refractivity contribution in [1.82, 2.24) is 15.5 Å². The summed E-state index contributed by atoms with van der Waals surface area (Å²) in [7, 11) is 0. The van der Waals surface area contributed by atoms with E-state index in [4.69, 9.17) is 0 Å². The lowest BCUT2D eigenvalue weighted by Crippen LogP contribution is -2.63. The maximum absolute atomic E-state index is 12.2. The number of piperidine rings is 3. The number of hydrogen-bond donors (Lipinski definition) is 2. The van der Waals surface area contributed by atoms with Crippen molar-refractivity contribution >= 4 is 5.91 Å². The molecule has 3 aliphatic rings. The number of nitrogens with zero attached hydrogens (tertiary/aromatic N) is 1. The summed E-state index contributed by atoms with van der Waals surface area (Å²) >= 11 is 0. The van der Waals surface area contributed by atoms with Gasteiger partial charge in [-0.1, -0.05) is 13.3 Å². The van der Waals surface area contributed by atoms with Gasteiger partial charge in [0.1, 0.15) is 0 Å². The Bertz CT molecular complexity index is 319. The van der Waals surface area contributed by atoms with E-state index >= 15 is 0 Å². The average molecular weight is 265 g/mol. The van der Waals surface area contributed by atoms with Gasteiger partial charge < -0.3 is 10.6 Å². The molecule has 0 aromatic rings. The molecule has 2 N–H and O–H groups in total. The zero-order valence-corrected chi connectivity index (χ0v) is 12.0. The van der Waals surface area contributed by atoms with E-state index < -0.39 is 0 Å². The molecule has 3 unspecified atom stereocenters. The van der Waals surface area contributed by atoms with E-state index in [0.717, 1.165) is 25.9 Å². The highest BCUT2D eigenvalue weighted by molar-refractivity contribution is 5.82. The number of carbonyl (C=O) groups is 1. The Labute approximate surface area is 116 Å². The Kier molecular flexibility index (Phi) is 4.08. The van der Waals surface area contributed by atoms with E-state index in [1.165, 1.54) is 32.1 Å². The van der Waals surface area contributed by atoms with E-state index in [0.29, 0.717) is 18.1 Å². The fourth-order valence-corrected chi connectivity index (χ4v) is 4.42. The molecular weight excluding hydrogens is 238 g/mol. The molecule has 0 aliphatic carbocycles. The molecule has 3 saturated heterocycles. The van der Waals surface area contributed by atoms with Crippen LogP contribution in [0, 0.1) is 0 Å². The molecule has 1 amide bonds. The van der Waals surface area contributed by atoms with Gasteiger partial charge in [0.05, 0.1) is 6.04 Å². The van der Waals surface area contributed by atoms with Crippen LogP contribution in [0.5, 0.6) is 0 Å². The Morgan fingerprint density at radius 2 is 1.95 bits per heavy atom. The second kappa shape index (κ2) is 5.80. The van der Waals surface area contributed by atoms with Crippen molar-refractivity contribution < 1.29 is 4.79 Å². The van der Waals surface area contributed by atoms with E-state index in [-0.39, 0.29) is 11.9 Å². The van der Waals surface area contributed by atoms with Crippen LogP contribution in [0.1, 0.15) is 51.9 Å². The number of fused-ring (bicyclic) bond motifs is 2. The molecule has 4 nitrogen and oxygen atoms in total. The predicted molar refractivity (Wildman–Crippen MR) is 76.0 cm³/mol. The van der Waals surface area contributed by atoms with Gasteiger partial charge in [-0.05, 0) is 45.1 Å². The summed E-state index contributed by atoms with van der Waals surface area (Å²) in [6, 6.07) is 2.09. The van der Waals surface area contributed by atoms with E-state index in [9.17, 15) is 4.79 Å². The highest BCUT2D eigenvalue weighted by atomic mass is 16.2. The topological polar surface area (TPSA) is 44.4 Å². The minimum atomic E-state index is 0.159. The molecule has 0 aromatic heterocycles. The maximum Gasteiger partial charge on any atom is 0.237 e. The first-order chi connectivity index (χ1) is 9.29. The Morgan fingerprint density at radius 3 is 2.58 bits per heavy atom. The molecule has 2 bridgehead atoms. The number of amides is 1. The van der Waals surface area contributed by atoms with Crippen molar-refractivity contribution in [3.8, 4) is 0 Å². The van der Waals surface area contributed by atoms with Crippen LogP contribution in [-0.2, 0) is 4.79 Å². The number of rotatable bonds is 3. The largest absolute Gasteiger partial charge is 0.355 e. The third kappa shape index (κ3) is 2.65. The first kappa shape index (κ1) is 13.4. The van der Waals surface area contributed by atoms with E-state index in [1.807, 2.05) is 0 Å². The fourth-order valence-electron chi connectivity index (χ4n) is 4.42. The van der Waals surface area contributed by atoms with Gasteiger partial charge in [-0.2, -0.15) is 0 Å². The summed E-state index contributed by atoms with van der Waals surface area (Å²) in [6.45, 7) is 4.13. The molecular formula is C15H27N3O. The highest BCUT2D eigenvalue weighted by Gasteiger charge is 2.43. The maximum atomic E-state index is 12.2. The zero-order valence-electron chi connectivity index (χ0n) is 12.0. The van der Waals surface area contributed by atoms with E-state index in [1.54, 1.807) is 0 Å². The molecule has 3 fully saturated rings. The molecule has 19 heavy (non-hydrogen) atoms. The molecule has 0 radical (unpaired) electrons. The number of hydrogen-bond acceptors (Lipinski definition) is 3. The van der Waals surface area contributed by atoms with Crippen LogP contribution in [0.25, 0.3) is 0 Å². The van der Waals surface area contributed by atoms with E-state index in [2.05, 4.69) is 22.5 Å². The van der Waals surface area contributed by atoms with Gasteiger partial charge in [0.2, 0.25) is 5.91 Å². The molecule has 0 spiro atoms. The van der Waals surface area contributed by atoms with Gasteiger partial charge in [-0.15, -0.1) is 0 Å². The lowest BCUT2D eigenvalue weighted by molar-refractivity contribution is -0.134. The predicted octanol–water partition coefficient (Wildman–Crippen LogP) is 1.26. The summed E-state index contributed by atoms with van der Waals surface area (Å²) in [6.07, 6.45) is 8.57. The van der Waals surface area contributed by atoms with Gasteiger partial charge in [-0.25, -0.2) is 0 Å². The third-order valence-corrected chi connectivity index (χ3v) is 5.14. The lowest BCUT2D eigenvalue weighted by Gasteiger charge is -2.52. The molecule has 0 aromatic carbocycles. The van der Waals surface area contributed by atoms with Crippen molar-refractivity contribution in [2.24, 2.45) is 0 Å². The van der Waals surface area contributed by atoms with Crippen molar-refractivity contribution in [1.29, 1.82) is 0 Å². The number of carbonyl (C=O) groups excluding carboxylic acids is 1. The van der Waals surface area contributed by atoms with Crippen LogP contribution in [0.3, 0.4) is 0 Å². The van der Waals surface area contributed by atoms with Gasteiger partial charge >= 0.3 is 0 Å². The normalized spacial score (nSPS) is 39.9. The van der Waals surface area contributed by atoms with Crippen LogP contribution in [-0.4, -0.2) is 48.1 Å². The van der Waals surface area contributed by atoms with Crippen molar-refractivity contribution in [3.63, 3.8) is 0 Å². The second-order valence-electron chi connectivity index (χ2n) is 6.36. The fraction of sp³-hybridized carbons (Fsp3) is 0.933. The van der Waals surface area contributed by atoms with Crippen LogP contribution in [0.2, 0.25) is 0 Å². The monoisotopic (exact) mass is 265 g/mol. The molecule has 3 atom stereocenters. The summed E-state index contributed by atoms with van der Waals surface area (Å²) < 4.78 is 0. The van der Waals surface area contributed by atoms with Gasteiger partial charge in [-0.3, -0.25) is 9.69 Å². The third-order valence-electron chi connectivity index (χ3n) is 5.14. The smallest absolute Gasteiger partial charge is 0.237 e. The van der Waals surface area contributed by atoms with Gasteiger partial charge in [0.15, 0.2) is 0 Å². The SMILES string of the molecule is CCNC1CC2CCCC(C1)N2C1CCCNC1=O. The van der Waals surface area contributed by atoms with Crippen LogP contribution in [0.15, 0.2) is 0 Å². The van der Waals surface area contributed by atoms with Crippen LogP contribution >= 0.6 is 0 Å². The van der Waals surface area contributed by atoms with Crippen LogP contribution in [0.4, 0.5) is 0 Å². The van der Waals surface area contributed by atoms with Crippen molar-refractivity contribution in [2.75, 3.05) is 13.1 Å². The summed E-state index contributed by atoms with van der Waals surface area (Å²) in [5.41, 5.74) is 0. The van der Waals surface area contributed by atoms with Crippen LogP contribution < -0.4 is 10.6 Å². The molecule has 108 valence electrons. The summed E-state index contributed by atoms with van der Waals surface area (Å²) in [5, 5.41) is 6.68. The lowest BCUT2D eigenvalue weighted by atomic mass is 9.79. The first-order valence-corrected chi connectivity index (χ1v) is 8.08. The molecule has 0 saturated carbocycles. The minimum absolute atomic E-state index is 0.159. The standard InChI is InChI=1S/C15H27N3O/c1-2-16-11-9-12-5-3-6-13(10-11)18(12)14-7-4-8-17-15(14)19/h11-14,16H,2-10H2,1H3,(H,17,19). The summed E-state index contributed by atoms with van der Waals surface area (Å²) in [5.74, 6) is 0.282. The molecule has 3 heterocycles. The first-order valence-electron chi connectivity index (χ1n) is 8.08. The Morgan fingerprint density at radius 1 is 1.21 bits per heavy atom. The Hall–Kier alpha value is -0.610. The second-order valence-corrected chi connectivity index (χ2v) is 6.36. The molecule has 3 rings (SSSR count). The van der Waals surface area contributed by atoms with Gasteiger partial charge in [0.25, 0.3) is 0 Å². The quantitative estimate of drug-likeness (QED) is 0.807. The van der Waals surface area contributed by atoms with Gasteiger partial charge in [0, 0.05) is 24.7 Å². The molecule has 3 aliphatic heterocycles. The Balaban J connectivity index is 1.73. The molecule has 4 heteroatoms. The highest BCUT2D eigenvalue weighted by Crippen LogP contribution is 2.37.